The fraction of sp³-hybridized carbons (Fsp3) is 1.00. The molecule has 0 amide bonds. The third-order valence-corrected chi connectivity index (χ3v) is 4.12. The predicted molar refractivity (Wildman–Crippen MR) is 59.3 cm³/mol. The van der Waals surface area contributed by atoms with Crippen LogP contribution in [0.2, 0.25) is 0 Å². The molecular formula is C5H14N3O3P3. The first-order valence-corrected chi connectivity index (χ1v) is 6.73. The highest BCUT2D eigenvalue weighted by molar-refractivity contribution is 7.44. The van der Waals surface area contributed by atoms with Gasteiger partial charge in [0.15, 0.2) is 21.1 Å². The fourth-order valence-electron chi connectivity index (χ4n) is 0.721. The molecule has 14 heavy (non-hydrogen) atoms. The molecule has 0 spiro atoms. The van der Waals surface area contributed by atoms with Gasteiger partial charge in [-0.3, -0.25) is 0 Å². The van der Waals surface area contributed by atoms with Gasteiger partial charge in [-0.1, -0.05) is 0 Å². The maximum absolute atomic E-state index is 5.44. The summed E-state index contributed by atoms with van der Waals surface area (Å²) in [4.78, 5) is 5.44. The Bertz CT molecular complexity index is 265. The van der Waals surface area contributed by atoms with Crippen molar-refractivity contribution in [1.82, 2.24) is 13.3 Å². The van der Waals surface area contributed by atoms with Crippen LogP contribution in [0, 0.1) is 0 Å². The lowest BCUT2D eigenvalue weighted by molar-refractivity contribution is -0.216. The highest BCUT2D eigenvalue weighted by Crippen LogP contribution is 2.11. The summed E-state index contributed by atoms with van der Waals surface area (Å²) in [5.74, 6) is 0. The summed E-state index contributed by atoms with van der Waals surface area (Å²) in [6.07, 6.45) is -0.593. The standard InChI is InChI=1S/C5H14N3O3P3/c1-4(9-3)10-5(2)11-8-13-6-12-7-14-8/h4-6,12-13H,1-3H3. The van der Waals surface area contributed by atoms with Crippen LogP contribution in [0.5, 0.6) is 0 Å². The molecule has 0 aromatic carbocycles. The normalized spacial score (nSPS) is 16.8. The second kappa shape index (κ2) is 6.62. The highest BCUT2D eigenvalue weighted by Gasteiger charge is 2.08. The van der Waals surface area contributed by atoms with Crippen molar-refractivity contribution in [1.29, 1.82) is 0 Å². The van der Waals surface area contributed by atoms with Gasteiger partial charge in [0.05, 0.1) is 0 Å². The fourth-order valence-corrected chi connectivity index (χ4v) is 3.87. The van der Waals surface area contributed by atoms with Gasteiger partial charge in [0.2, 0.25) is 0 Å². The van der Waals surface area contributed by atoms with Crippen LogP contribution >= 0.6 is 25.5 Å². The molecule has 0 radical (unpaired) electrons. The van der Waals surface area contributed by atoms with E-state index in [0.717, 1.165) is 8.51 Å². The molecule has 1 heterocycles. The highest BCUT2D eigenvalue weighted by atomic mass is 31.1. The molecule has 0 aliphatic rings. The van der Waals surface area contributed by atoms with Crippen molar-refractivity contribution in [3.63, 3.8) is 0 Å². The van der Waals surface area contributed by atoms with E-state index < -0.39 is 0 Å². The summed E-state index contributed by atoms with van der Waals surface area (Å²) >= 11 is 0. The van der Waals surface area contributed by atoms with E-state index in [0.29, 0.717) is 17.0 Å². The number of hydrogen-bond acceptors (Lipinski definition) is 4. The molecule has 0 bridgehead atoms. The monoisotopic (exact) mass is 257 g/mol. The maximum atomic E-state index is 5.44. The second-order valence-electron chi connectivity index (χ2n) is 2.42. The van der Waals surface area contributed by atoms with Crippen molar-refractivity contribution in [2.75, 3.05) is 7.11 Å². The SMILES string of the molecule is COC(C)OC(C)On1pn[pH][nH][pH]1. The third-order valence-electron chi connectivity index (χ3n) is 1.35. The van der Waals surface area contributed by atoms with Gasteiger partial charge in [-0.2, -0.15) is 8.76 Å². The average Bonchev–Trinajstić information content (AvgIpc) is 2.19. The molecule has 1 aromatic rings. The molecule has 0 saturated carbocycles. The third kappa shape index (κ3) is 4.61. The molecule has 0 fully saturated rings. The van der Waals surface area contributed by atoms with Gasteiger partial charge in [-0.15, -0.1) is 0 Å². The second-order valence-corrected chi connectivity index (χ2v) is 6.00. The number of nitrogens with one attached hydrogen (secondary N) is 1. The molecule has 9 heteroatoms. The molecule has 82 valence electrons. The summed E-state index contributed by atoms with van der Waals surface area (Å²) in [5.41, 5.74) is 0. The molecule has 0 saturated heterocycles. The Morgan fingerprint density at radius 3 is 2.79 bits per heavy atom. The molecule has 1 rings (SSSR count). The number of ether oxygens (including phenoxy) is 2. The maximum Gasteiger partial charge on any atom is 0.185 e. The zero-order valence-corrected chi connectivity index (χ0v) is 11.1. The van der Waals surface area contributed by atoms with Gasteiger partial charge in [-0.05, 0) is 13.8 Å². The Morgan fingerprint density at radius 2 is 2.21 bits per heavy atom. The molecule has 1 aromatic heterocycles. The largest absolute Gasteiger partial charge is 0.356 e. The van der Waals surface area contributed by atoms with E-state index in [-0.39, 0.29) is 12.6 Å². The van der Waals surface area contributed by atoms with E-state index >= 15 is 0 Å². The van der Waals surface area contributed by atoms with Gasteiger partial charge in [-0.25, -0.2) is 4.84 Å². The van der Waals surface area contributed by atoms with Crippen LogP contribution in [-0.4, -0.2) is 33.0 Å². The van der Waals surface area contributed by atoms with Crippen molar-refractivity contribution in [2.24, 2.45) is 0 Å². The topological polar surface area (TPSA) is 61.3 Å². The molecule has 0 aliphatic heterocycles. The quantitative estimate of drug-likeness (QED) is 0.816. The van der Waals surface area contributed by atoms with Crippen LogP contribution in [0.3, 0.4) is 0 Å². The lowest BCUT2D eigenvalue weighted by Crippen LogP contribution is -2.27. The molecule has 1 N–H and O–H groups in total. The minimum absolute atomic E-state index is 0.262. The van der Waals surface area contributed by atoms with Crippen LogP contribution in [0.1, 0.15) is 13.8 Å². The summed E-state index contributed by atoms with van der Waals surface area (Å²) < 4.78 is 19.2. The van der Waals surface area contributed by atoms with E-state index in [4.69, 9.17) is 14.3 Å². The number of hydrogen-bond donors (Lipinski definition) is 1. The van der Waals surface area contributed by atoms with Gasteiger partial charge >= 0.3 is 0 Å². The minimum Gasteiger partial charge on any atom is -0.356 e. The summed E-state index contributed by atoms with van der Waals surface area (Å²) in [6, 6.07) is 0. The first-order chi connectivity index (χ1) is 6.72. The van der Waals surface area contributed by atoms with Crippen LogP contribution in [0.25, 0.3) is 0 Å². The molecule has 0 aliphatic carbocycles. The molecule has 4 atom stereocenters. The zero-order chi connectivity index (χ0) is 10.4. The first-order valence-electron chi connectivity index (χ1n) is 4.04. The Balaban J connectivity index is 2.37. The minimum atomic E-state index is -0.330. The van der Waals surface area contributed by atoms with Crippen molar-refractivity contribution in [2.45, 2.75) is 26.4 Å². The van der Waals surface area contributed by atoms with E-state index in [1.54, 1.807) is 11.4 Å². The van der Waals surface area contributed by atoms with Crippen molar-refractivity contribution >= 4 is 25.5 Å². The lowest BCUT2D eigenvalue weighted by atomic mass is 10.7. The van der Waals surface area contributed by atoms with Gasteiger partial charge in [0, 0.05) is 24.1 Å². The summed E-state index contributed by atoms with van der Waals surface area (Å²) in [7, 11) is 3.32. The van der Waals surface area contributed by atoms with E-state index in [2.05, 4.69) is 9.02 Å². The number of methoxy groups -OCH3 is 1. The zero-order valence-electron chi connectivity index (χ0n) is 8.22. The summed E-state index contributed by atoms with van der Waals surface area (Å²) in [6.45, 7) is 3.65. The van der Waals surface area contributed by atoms with Crippen LogP contribution in [-0.2, 0) is 9.47 Å². The van der Waals surface area contributed by atoms with Gasteiger partial charge in [0.1, 0.15) is 0 Å². The van der Waals surface area contributed by atoms with Crippen molar-refractivity contribution in [3.8, 4) is 0 Å². The molecular weight excluding hydrogens is 243 g/mol. The van der Waals surface area contributed by atoms with E-state index in [9.17, 15) is 0 Å². The van der Waals surface area contributed by atoms with Crippen LogP contribution in [0.4, 0.5) is 0 Å². The summed E-state index contributed by atoms with van der Waals surface area (Å²) in [5, 5.41) is 0. The number of rotatable bonds is 5. The van der Waals surface area contributed by atoms with Crippen molar-refractivity contribution in [3.05, 3.63) is 0 Å². The van der Waals surface area contributed by atoms with Crippen LogP contribution in [0.15, 0.2) is 0 Å². The van der Waals surface area contributed by atoms with Crippen LogP contribution < -0.4 is 4.84 Å². The number of H-pyrrole nitrogens is 1. The number of nitrogens with zero attached hydrogens (tertiary/aromatic N) is 2. The number of aromatic amines is 1. The van der Waals surface area contributed by atoms with Gasteiger partial charge < -0.3 is 14.0 Å². The first kappa shape index (κ1) is 12.3. The predicted octanol–water partition coefficient (Wildman–Crippen LogP) is 1.76. The Kier molecular flexibility index (Phi) is 5.80. The Labute approximate surface area is 87.3 Å². The smallest absolute Gasteiger partial charge is 0.185 e. The number of aromatic nitrogens is 3. The molecule has 6 nitrogen and oxygen atoms in total. The van der Waals surface area contributed by atoms with Crippen molar-refractivity contribution < 1.29 is 14.3 Å². The van der Waals surface area contributed by atoms with E-state index in [1.165, 1.54) is 0 Å². The van der Waals surface area contributed by atoms with E-state index in [1.807, 2.05) is 13.8 Å². The Hall–Kier alpha value is 0.180. The lowest BCUT2D eigenvalue weighted by Gasteiger charge is -2.17. The average molecular weight is 257 g/mol. The Morgan fingerprint density at radius 1 is 1.43 bits per heavy atom. The van der Waals surface area contributed by atoms with Gasteiger partial charge in [0.25, 0.3) is 0 Å². The molecule has 4 unspecified atom stereocenters.